The van der Waals surface area contributed by atoms with Crippen LogP contribution in [0.2, 0.25) is 0 Å². The third-order valence-corrected chi connectivity index (χ3v) is 3.72. The molecule has 3 aromatic rings. The van der Waals surface area contributed by atoms with Crippen LogP contribution >= 0.6 is 0 Å². The third kappa shape index (κ3) is 5.61. The predicted octanol–water partition coefficient (Wildman–Crippen LogP) is 5.74. The van der Waals surface area contributed by atoms with Crippen LogP contribution in [0.3, 0.4) is 0 Å². The highest BCUT2D eigenvalue weighted by atomic mass is 19.1. The molecule has 4 nitrogen and oxygen atoms in total. The molecule has 1 N–H and O–H groups in total. The van der Waals surface area contributed by atoms with Crippen LogP contribution in [0.15, 0.2) is 66.7 Å². The lowest BCUT2D eigenvalue weighted by atomic mass is 10.2. The molecule has 0 saturated heterocycles. The van der Waals surface area contributed by atoms with Crippen molar-refractivity contribution in [3.05, 3.63) is 83.9 Å². The fourth-order valence-electron chi connectivity index (χ4n) is 2.44. The molecule has 0 heterocycles. The molecular formula is C22H21F2NO3. The van der Waals surface area contributed by atoms with Crippen molar-refractivity contribution < 1.29 is 23.1 Å². The van der Waals surface area contributed by atoms with Gasteiger partial charge in [0.2, 0.25) is 0 Å². The molecule has 0 unspecified atom stereocenters. The molecule has 0 fully saturated rings. The molecule has 0 saturated carbocycles. The second-order valence-corrected chi connectivity index (χ2v) is 6.39. The van der Waals surface area contributed by atoms with Crippen molar-refractivity contribution in [2.45, 2.75) is 26.6 Å². The highest BCUT2D eigenvalue weighted by molar-refractivity contribution is 5.47. The van der Waals surface area contributed by atoms with Crippen molar-refractivity contribution in [1.29, 1.82) is 0 Å². The molecule has 0 atom stereocenters. The summed E-state index contributed by atoms with van der Waals surface area (Å²) >= 11 is 0. The Balaban J connectivity index is 1.54. The second kappa shape index (κ2) is 9.08. The maximum Gasteiger partial charge on any atom is 0.155 e. The molecule has 0 aliphatic rings. The average Bonchev–Trinajstić information content (AvgIpc) is 2.68. The van der Waals surface area contributed by atoms with Crippen molar-refractivity contribution in [3.8, 4) is 17.2 Å². The maximum atomic E-state index is 13.6. The Kier molecular flexibility index (Phi) is 6.32. The van der Waals surface area contributed by atoms with E-state index in [-0.39, 0.29) is 18.3 Å². The van der Waals surface area contributed by atoms with Crippen molar-refractivity contribution in [2.75, 3.05) is 5.48 Å². The Morgan fingerprint density at radius 1 is 0.857 bits per heavy atom. The highest BCUT2D eigenvalue weighted by Crippen LogP contribution is 2.22. The van der Waals surface area contributed by atoms with E-state index >= 15 is 0 Å². The van der Waals surface area contributed by atoms with Crippen LogP contribution < -0.4 is 19.8 Å². The van der Waals surface area contributed by atoms with Gasteiger partial charge in [0.15, 0.2) is 5.75 Å². The van der Waals surface area contributed by atoms with Crippen LogP contribution in [0.25, 0.3) is 0 Å². The van der Waals surface area contributed by atoms with E-state index in [1.807, 2.05) is 38.1 Å². The fraction of sp³-hybridized carbons (Fsp3) is 0.182. The van der Waals surface area contributed by atoms with E-state index in [4.69, 9.17) is 14.3 Å². The van der Waals surface area contributed by atoms with E-state index in [0.717, 1.165) is 29.6 Å². The summed E-state index contributed by atoms with van der Waals surface area (Å²) in [4.78, 5) is 5.53. The summed E-state index contributed by atoms with van der Waals surface area (Å²) in [5.41, 5.74) is 3.76. The van der Waals surface area contributed by atoms with Gasteiger partial charge in [-0.15, -0.1) is 0 Å². The van der Waals surface area contributed by atoms with Crippen LogP contribution in [-0.4, -0.2) is 6.10 Å². The number of halogens is 2. The Morgan fingerprint density at radius 3 is 2.36 bits per heavy atom. The molecule has 0 bridgehead atoms. The van der Waals surface area contributed by atoms with Gasteiger partial charge in [0.25, 0.3) is 0 Å². The first kappa shape index (κ1) is 19.5. The first-order valence-electron chi connectivity index (χ1n) is 8.86. The maximum absolute atomic E-state index is 13.6. The Hall–Kier alpha value is -3.28. The number of benzene rings is 3. The Labute approximate surface area is 162 Å². The Morgan fingerprint density at radius 2 is 1.61 bits per heavy atom. The summed E-state index contributed by atoms with van der Waals surface area (Å²) < 4.78 is 37.9. The number of hydrogen-bond donors (Lipinski definition) is 1. The average molecular weight is 385 g/mol. The largest absolute Gasteiger partial charge is 0.491 e. The summed E-state index contributed by atoms with van der Waals surface area (Å²) in [6.45, 7) is 3.86. The number of hydrogen-bond acceptors (Lipinski definition) is 4. The molecular weight excluding hydrogens is 364 g/mol. The SMILES string of the molecule is CC(C)Oc1cccc(NOc2ccc(OCc3cc(F)ccc3F)cc2)c1. The summed E-state index contributed by atoms with van der Waals surface area (Å²) in [7, 11) is 0. The molecule has 3 aromatic carbocycles. The van der Waals surface area contributed by atoms with Gasteiger partial charge < -0.3 is 14.3 Å². The zero-order valence-corrected chi connectivity index (χ0v) is 15.6. The first-order valence-corrected chi connectivity index (χ1v) is 8.86. The van der Waals surface area contributed by atoms with Crippen LogP contribution in [0, 0.1) is 11.6 Å². The molecule has 0 radical (unpaired) electrons. The Bertz CT molecular complexity index is 914. The van der Waals surface area contributed by atoms with E-state index in [1.165, 1.54) is 0 Å². The van der Waals surface area contributed by atoms with Crippen LogP contribution in [0.1, 0.15) is 19.4 Å². The number of ether oxygens (including phenoxy) is 2. The predicted molar refractivity (Wildman–Crippen MR) is 104 cm³/mol. The topological polar surface area (TPSA) is 39.7 Å². The van der Waals surface area contributed by atoms with Crippen molar-refractivity contribution in [3.63, 3.8) is 0 Å². The number of nitrogens with one attached hydrogen (secondary N) is 1. The van der Waals surface area contributed by atoms with Gasteiger partial charge in [0.05, 0.1) is 11.8 Å². The van der Waals surface area contributed by atoms with E-state index in [9.17, 15) is 8.78 Å². The smallest absolute Gasteiger partial charge is 0.155 e. The third-order valence-electron chi connectivity index (χ3n) is 3.72. The minimum atomic E-state index is -0.505. The van der Waals surface area contributed by atoms with Crippen molar-refractivity contribution >= 4 is 5.69 Å². The monoisotopic (exact) mass is 385 g/mol. The molecule has 146 valence electrons. The highest BCUT2D eigenvalue weighted by Gasteiger charge is 2.05. The van der Waals surface area contributed by atoms with Crippen LogP contribution in [0.4, 0.5) is 14.5 Å². The van der Waals surface area contributed by atoms with Gasteiger partial charge >= 0.3 is 0 Å². The standard InChI is InChI=1S/C22H21F2NO3/c1-15(2)27-21-5-3-4-18(13-21)25-28-20-9-7-19(8-10-20)26-14-16-12-17(23)6-11-22(16)24/h3-13,15,25H,14H2,1-2H3. The number of anilines is 1. The number of rotatable bonds is 8. The summed E-state index contributed by atoms with van der Waals surface area (Å²) in [6.07, 6.45) is 0.0876. The summed E-state index contributed by atoms with van der Waals surface area (Å²) in [5, 5.41) is 0. The van der Waals surface area contributed by atoms with Gasteiger partial charge in [-0.05, 0) is 68.4 Å². The molecule has 6 heteroatoms. The van der Waals surface area contributed by atoms with E-state index in [0.29, 0.717) is 11.5 Å². The van der Waals surface area contributed by atoms with Crippen LogP contribution in [-0.2, 0) is 6.61 Å². The normalized spacial score (nSPS) is 10.6. The molecule has 0 aromatic heterocycles. The molecule has 0 aliphatic heterocycles. The van der Waals surface area contributed by atoms with Gasteiger partial charge in [-0.25, -0.2) is 14.3 Å². The van der Waals surface area contributed by atoms with E-state index < -0.39 is 11.6 Å². The zero-order chi connectivity index (χ0) is 19.9. The fourth-order valence-corrected chi connectivity index (χ4v) is 2.44. The lowest BCUT2D eigenvalue weighted by molar-refractivity contribution is 0.242. The summed E-state index contributed by atoms with van der Waals surface area (Å²) in [5.74, 6) is 0.826. The van der Waals surface area contributed by atoms with Crippen molar-refractivity contribution in [1.82, 2.24) is 0 Å². The lowest BCUT2D eigenvalue weighted by Crippen LogP contribution is -2.07. The second-order valence-electron chi connectivity index (χ2n) is 6.39. The van der Waals surface area contributed by atoms with Gasteiger partial charge in [-0.2, -0.15) is 0 Å². The zero-order valence-electron chi connectivity index (χ0n) is 15.6. The minimum absolute atomic E-state index is 0.0648. The van der Waals surface area contributed by atoms with Gasteiger partial charge in [-0.3, -0.25) is 0 Å². The first-order chi connectivity index (χ1) is 13.5. The van der Waals surface area contributed by atoms with Crippen molar-refractivity contribution in [2.24, 2.45) is 0 Å². The minimum Gasteiger partial charge on any atom is -0.491 e. The lowest BCUT2D eigenvalue weighted by Gasteiger charge is -2.13. The van der Waals surface area contributed by atoms with E-state index in [2.05, 4.69) is 5.48 Å². The molecule has 0 aliphatic carbocycles. The van der Waals surface area contributed by atoms with E-state index in [1.54, 1.807) is 24.3 Å². The molecule has 3 rings (SSSR count). The molecule has 0 amide bonds. The van der Waals surface area contributed by atoms with Gasteiger partial charge in [-0.1, -0.05) is 6.07 Å². The van der Waals surface area contributed by atoms with Gasteiger partial charge in [0, 0.05) is 11.6 Å². The van der Waals surface area contributed by atoms with Crippen LogP contribution in [0.5, 0.6) is 17.2 Å². The molecule has 0 spiro atoms. The quantitative estimate of drug-likeness (QED) is 0.502. The van der Waals surface area contributed by atoms with Gasteiger partial charge in [0.1, 0.15) is 29.7 Å². The molecule has 28 heavy (non-hydrogen) atoms. The summed E-state index contributed by atoms with van der Waals surface area (Å²) in [6, 6.07) is 17.5.